The third-order valence-electron chi connectivity index (χ3n) is 6.93. The number of halogens is 3. The van der Waals surface area contributed by atoms with Gasteiger partial charge in [0.15, 0.2) is 0 Å². The van der Waals surface area contributed by atoms with E-state index in [1.54, 1.807) is 24.3 Å². The maximum atomic E-state index is 14.1. The molecule has 1 heterocycles. The van der Waals surface area contributed by atoms with Crippen LogP contribution >= 0.6 is 11.6 Å². The van der Waals surface area contributed by atoms with Crippen molar-refractivity contribution in [2.24, 2.45) is 0 Å². The van der Waals surface area contributed by atoms with Crippen LogP contribution in [-0.2, 0) is 27.9 Å². The molecular weight excluding hydrogens is 584 g/mol. The Bertz CT molecular complexity index is 1720. The second-order valence-corrected chi connectivity index (χ2v) is 12.1. The van der Waals surface area contributed by atoms with Crippen molar-refractivity contribution >= 4 is 39.1 Å². The molecule has 7 nitrogen and oxygen atoms in total. The molecule has 4 aromatic carbocycles. The third-order valence-corrected chi connectivity index (χ3v) is 8.96. The van der Waals surface area contributed by atoms with Gasteiger partial charge in [-0.1, -0.05) is 54.1 Å². The summed E-state index contributed by atoms with van der Waals surface area (Å²) in [6.07, 6.45) is 0. The van der Waals surface area contributed by atoms with Gasteiger partial charge in [0.1, 0.15) is 18.2 Å². The molecule has 1 saturated heterocycles. The van der Waals surface area contributed by atoms with E-state index < -0.39 is 33.5 Å². The largest absolute Gasteiger partial charge is 0.335 e. The minimum Gasteiger partial charge on any atom is -0.335 e. The molecule has 216 valence electrons. The summed E-state index contributed by atoms with van der Waals surface area (Å²) in [5.74, 6) is -2.37. The van der Waals surface area contributed by atoms with Crippen LogP contribution in [0.15, 0.2) is 102 Å². The van der Waals surface area contributed by atoms with Crippen LogP contribution in [0.3, 0.4) is 0 Å². The van der Waals surface area contributed by atoms with Crippen molar-refractivity contribution in [1.29, 1.82) is 0 Å². The van der Waals surface area contributed by atoms with Gasteiger partial charge in [0.2, 0.25) is 5.91 Å². The molecule has 0 unspecified atom stereocenters. The van der Waals surface area contributed by atoms with Crippen LogP contribution in [-0.4, -0.2) is 49.7 Å². The van der Waals surface area contributed by atoms with Crippen LogP contribution in [0.1, 0.15) is 21.5 Å². The molecular formula is C31H26ClF2N3O4S. The van der Waals surface area contributed by atoms with Crippen molar-refractivity contribution in [1.82, 2.24) is 9.80 Å². The number of hydrogen-bond donors (Lipinski definition) is 0. The van der Waals surface area contributed by atoms with E-state index in [-0.39, 0.29) is 48.7 Å². The minimum atomic E-state index is -4.13. The van der Waals surface area contributed by atoms with Crippen molar-refractivity contribution in [3.8, 4) is 0 Å². The number of rotatable bonds is 8. The summed E-state index contributed by atoms with van der Waals surface area (Å²) in [6, 6.07) is 24.4. The topological polar surface area (TPSA) is 78.0 Å². The molecule has 1 aliphatic heterocycles. The Labute approximate surface area is 247 Å². The molecule has 1 aliphatic rings. The molecule has 0 aromatic heterocycles. The highest BCUT2D eigenvalue weighted by Crippen LogP contribution is 2.28. The van der Waals surface area contributed by atoms with Gasteiger partial charge in [0.25, 0.3) is 15.9 Å². The lowest BCUT2D eigenvalue weighted by Crippen LogP contribution is -2.51. The highest BCUT2D eigenvalue weighted by molar-refractivity contribution is 7.92. The lowest BCUT2D eigenvalue weighted by atomic mass is 10.1. The summed E-state index contributed by atoms with van der Waals surface area (Å²) in [5.41, 5.74) is 1.44. The Balaban J connectivity index is 1.35. The van der Waals surface area contributed by atoms with Crippen LogP contribution in [0.5, 0.6) is 0 Å². The molecule has 0 bridgehead atoms. The molecule has 42 heavy (non-hydrogen) atoms. The van der Waals surface area contributed by atoms with Crippen molar-refractivity contribution < 1.29 is 26.8 Å². The summed E-state index contributed by atoms with van der Waals surface area (Å²) < 4.78 is 56.5. The summed E-state index contributed by atoms with van der Waals surface area (Å²) in [5, 5.41) is 0.459. The van der Waals surface area contributed by atoms with Crippen molar-refractivity contribution in [2.75, 3.05) is 23.9 Å². The van der Waals surface area contributed by atoms with Crippen molar-refractivity contribution in [2.45, 2.75) is 18.0 Å². The molecule has 0 spiro atoms. The molecule has 5 rings (SSSR count). The van der Waals surface area contributed by atoms with Gasteiger partial charge >= 0.3 is 0 Å². The quantitative estimate of drug-likeness (QED) is 0.264. The summed E-state index contributed by atoms with van der Waals surface area (Å²) in [6.45, 7) is 0.0380. The van der Waals surface area contributed by atoms with E-state index in [1.165, 1.54) is 44.4 Å². The predicted molar refractivity (Wildman–Crippen MR) is 155 cm³/mol. The Kier molecular flexibility index (Phi) is 8.56. The second kappa shape index (κ2) is 12.3. The lowest BCUT2D eigenvalue weighted by molar-refractivity contribution is -0.135. The van der Waals surface area contributed by atoms with Gasteiger partial charge < -0.3 is 9.80 Å². The number of nitrogens with zero attached hydrogens (tertiary/aromatic N) is 3. The average molecular weight is 610 g/mol. The molecule has 0 radical (unpaired) electrons. The molecule has 0 N–H and O–H groups in total. The lowest BCUT2D eigenvalue weighted by Gasteiger charge is -2.34. The van der Waals surface area contributed by atoms with E-state index >= 15 is 0 Å². The maximum Gasteiger partial charge on any atom is 0.264 e. The molecule has 1 fully saturated rings. The minimum absolute atomic E-state index is 0.0497. The Morgan fingerprint density at radius 3 is 2.31 bits per heavy atom. The van der Waals surface area contributed by atoms with Crippen LogP contribution in [0.4, 0.5) is 14.5 Å². The Morgan fingerprint density at radius 2 is 1.62 bits per heavy atom. The Hall–Kier alpha value is -4.28. The van der Waals surface area contributed by atoms with E-state index in [0.717, 1.165) is 17.7 Å². The van der Waals surface area contributed by atoms with E-state index in [0.29, 0.717) is 10.7 Å². The molecule has 4 aromatic rings. The van der Waals surface area contributed by atoms with Gasteiger partial charge in [0, 0.05) is 41.9 Å². The highest BCUT2D eigenvalue weighted by atomic mass is 35.5. The molecule has 0 aliphatic carbocycles. The van der Waals surface area contributed by atoms with Gasteiger partial charge in [-0.15, -0.1) is 0 Å². The van der Waals surface area contributed by atoms with E-state index in [1.807, 2.05) is 30.3 Å². The number of benzene rings is 4. The number of carbonyl (C=O) groups is 2. The predicted octanol–water partition coefficient (Wildman–Crippen LogP) is 5.50. The summed E-state index contributed by atoms with van der Waals surface area (Å²) in [7, 11) is -4.13. The van der Waals surface area contributed by atoms with E-state index in [4.69, 9.17) is 11.6 Å². The van der Waals surface area contributed by atoms with Crippen LogP contribution in [0, 0.1) is 11.6 Å². The maximum absolute atomic E-state index is 14.1. The zero-order valence-corrected chi connectivity index (χ0v) is 23.9. The zero-order chi connectivity index (χ0) is 29.9. The van der Waals surface area contributed by atoms with E-state index in [9.17, 15) is 26.8 Å². The first kappa shape index (κ1) is 29.2. The van der Waals surface area contributed by atoms with Crippen LogP contribution in [0.2, 0.25) is 5.02 Å². The third kappa shape index (κ3) is 6.45. The second-order valence-electron chi connectivity index (χ2n) is 9.78. The number of sulfonamides is 1. The number of hydrogen-bond acceptors (Lipinski definition) is 4. The SMILES string of the molecule is O=C1CN(C(=O)c2cccc(S(=O)(=O)N(Cc3ccccc3)c3ccc(Cl)cc3)c2)CCN1Cc1ccc(F)cc1F. The van der Waals surface area contributed by atoms with Crippen LogP contribution < -0.4 is 4.31 Å². The normalized spacial score (nSPS) is 13.7. The number of piperazine rings is 1. The standard InChI is InChI=1S/C31H26ClF2N3O4S/c32-25-10-13-27(14-11-25)37(19-22-5-2-1-3-6-22)42(40,41)28-8-4-7-23(17-28)31(39)36-16-15-35(30(38)21-36)20-24-9-12-26(33)18-29(24)34/h1-14,17-18H,15-16,19-21H2. The van der Waals surface area contributed by atoms with E-state index in [2.05, 4.69) is 0 Å². The van der Waals surface area contributed by atoms with Gasteiger partial charge in [-0.3, -0.25) is 13.9 Å². The van der Waals surface area contributed by atoms with Gasteiger partial charge in [-0.25, -0.2) is 17.2 Å². The number of amides is 2. The van der Waals surface area contributed by atoms with Crippen LogP contribution in [0.25, 0.3) is 0 Å². The first-order chi connectivity index (χ1) is 20.1. The molecule has 11 heteroatoms. The molecule has 2 amide bonds. The van der Waals surface area contributed by atoms with Gasteiger partial charge in [-0.05, 0) is 54.1 Å². The molecule has 0 saturated carbocycles. The first-order valence-electron chi connectivity index (χ1n) is 13.0. The average Bonchev–Trinajstić information content (AvgIpc) is 2.99. The van der Waals surface area contributed by atoms with Gasteiger partial charge in [-0.2, -0.15) is 0 Å². The van der Waals surface area contributed by atoms with Crippen molar-refractivity contribution in [3.63, 3.8) is 0 Å². The smallest absolute Gasteiger partial charge is 0.264 e. The summed E-state index contributed by atoms with van der Waals surface area (Å²) >= 11 is 6.04. The highest BCUT2D eigenvalue weighted by Gasteiger charge is 2.30. The fourth-order valence-electron chi connectivity index (χ4n) is 4.68. The summed E-state index contributed by atoms with van der Waals surface area (Å²) in [4.78, 5) is 28.8. The number of anilines is 1. The fraction of sp³-hybridized carbons (Fsp3) is 0.161. The van der Waals surface area contributed by atoms with Crippen molar-refractivity contribution in [3.05, 3.63) is 130 Å². The van der Waals surface area contributed by atoms with Gasteiger partial charge in [0.05, 0.1) is 17.1 Å². The zero-order valence-electron chi connectivity index (χ0n) is 22.3. The fourth-order valence-corrected chi connectivity index (χ4v) is 6.30. The monoisotopic (exact) mass is 609 g/mol. The Morgan fingerprint density at radius 1 is 0.881 bits per heavy atom. The first-order valence-corrected chi connectivity index (χ1v) is 14.9. The number of carbonyl (C=O) groups excluding carboxylic acids is 2. The molecule has 0 atom stereocenters.